The number of aromatic amines is 1. The number of amides is 1. The van der Waals surface area contributed by atoms with Gasteiger partial charge in [-0.1, -0.05) is 30.3 Å². The molecule has 1 heterocycles. The molecule has 0 aliphatic rings. The molecule has 1 aromatic heterocycles. The Bertz CT molecular complexity index is 589. The van der Waals surface area contributed by atoms with E-state index in [1.807, 2.05) is 41.1 Å². The van der Waals surface area contributed by atoms with E-state index in [1.165, 1.54) is 0 Å². The summed E-state index contributed by atoms with van der Waals surface area (Å²) in [6.07, 6.45) is 1.06. The molecule has 3 N–H and O–H groups in total. The summed E-state index contributed by atoms with van der Waals surface area (Å²) in [7, 11) is 0. The molecule has 1 amide bonds. The lowest BCUT2D eigenvalue weighted by atomic mass is 10.2. The van der Waals surface area contributed by atoms with Crippen molar-refractivity contribution in [1.82, 2.24) is 9.55 Å². The highest BCUT2D eigenvalue weighted by atomic mass is 32.1. The second-order valence-electron chi connectivity index (χ2n) is 3.66. The molecule has 5 nitrogen and oxygen atoms in total. The number of nitrogens with two attached hydrogens (primary N) is 1. The van der Waals surface area contributed by atoms with Gasteiger partial charge in [-0.25, -0.2) is 4.79 Å². The van der Waals surface area contributed by atoms with E-state index in [0.717, 1.165) is 11.3 Å². The maximum atomic E-state index is 10.5. The van der Waals surface area contributed by atoms with Gasteiger partial charge in [0.25, 0.3) is 0 Å². The number of primary amides is 1. The van der Waals surface area contributed by atoms with Crippen molar-refractivity contribution < 1.29 is 9.53 Å². The molecule has 0 atom stereocenters. The molecule has 0 saturated heterocycles. The van der Waals surface area contributed by atoms with Crippen LogP contribution in [0.4, 0.5) is 4.79 Å². The molecule has 0 fully saturated rings. The van der Waals surface area contributed by atoms with Gasteiger partial charge in [0.2, 0.25) is 0 Å². The molecule has 0 unspecified atom stereocenters. The fourth-order valence-electron chi connectivity index (χ4n) is 1.70. The van der Waals surface area contributed by atoms with Crippen molar-refractivity contribution in [3.05, 3.63) is 41.3 Å². The number of H-pyrrole nitrogens is 1. The van der Waals surface area contributed by atoms with Crippen LogP contribution in [0.5, 0.6) is 0 Å². The van der Waals surface area contributed by atoms with Crippen LogP contribution in [0.1, 0.15) is 0 Å². The molecule has 0 aliphatic heterocycles. The summed E-state index contributed by atoms with van der Waals surface area (Å²) in [6, 6.07) is 9.84. The molecular formula is C12H13N3O2S. The van der Waals surface area contributed by atoms with E-state index >= 15 is 0 Å². The zero-order chi connectivity index (χ0) is 13.0. The van der Waals surface area contributed by atoms with Crippen LogP contribution in [0.25, 0.3) is 11.3 Å². The minimum absolute atomic E-state index is 0.196. The Morgan fingerprint density at radius 3 is 2.78 bits per heavy atom. The predicted octanol–water partition coefficient (Wildman–Crippen LogP) is 2.31. The van der Waals surface area contributed by atoms with E-state index in [2.05, 4.69) is 4.98 Å². The highest BCUT2D eigenvalue weighted by molar-refractivity contribution is 7.71. The zero-order valence-electron chi connectivity index (χ0n) is 9.63. The van der Waals surface area contributed by atoms with Crippen LogP contribution in [-0.4, -0.2) is 22.3 Å². The molecule has 0 radical (unpaired) electrons. The van der Waals surface area contributed by atoms with Gasteiger partial charge in [0.1, 0.15) is 6.61 Å². The first-order chi connectivity index (χ1) is 8.68. The van der Waals surface area contributed by atoms with Crippen molar-refractivity contribution in [2.24, 2.45) is 5.73 Å². The van der Waals surface area contributed by atoms with Crippen molar-refractivity contribution >= 4 is 18.3 Å². The van der Waals surface area contributed by atoms with Gasteiger partial charge in [0, 0.05) is 6.20 Å². The summed E-state index contributed by atoms with van der Waals surface area (Å²) in [4.78, 5) is 13.5. The third-order valence-corrected chi connectivity index (χ3v) is 2.84. The highest BCUT2D eigenvalue weighted by Crippen LogP contribution is 2.18. The highest BCUT2D eigenvalue weighted by Gasteiger charge is 2.06. The largest absolute Gasteiger partial charge is 0.448 e. The molecule has 6 heteroatoms. The lowest BCUT2D eigenvalue weighted by Gasteiger charge is -2.08. The molecule has 1 aromatic carbocycles. The average Bonchev–Trinajstić information content (AvgIpc) is 2.72. The van der Waals surface area contributed by atoms with E-state index in [9.17, 15) is 4.79 Å². The molecular weight excluding hydrogens is 250 g/mol. The number of carbonyl (C=O) groups excluding carboxylic acids is 1. The number of rotatable bonds is 4. The second kappa shape index (κ2) is 5.50. The van der Waals surface area contributed by atoms with Crippen molar-refractivity contribution in [2.45, 2.75) is 6.54 Å². The van der Waals surface area contributed by atoms with E-state index in [4.69, 9.17) is 22.7 Å². The fraction of sp³-hybridized carbons (Fsp3) is 0.167. The summed E-state index contributed by atoms with van der Waals surface area (Å²) >= 11 is 5.19. The average molecular weight is 263 g/mol. The Kier molecular flexibility index (Phi) is 3.78. The van der Waals surface area contributed by atoms with Crippen LogP contribution in [0.3, 0.4) is 0 Å². The van der Waals surface area contributed by atoms with Crippen molar-refractivity contribution in [1.29, 1.82) is 0 Å². The first-order valence-corrected chi connectivity index (χ1v) is 5.85. The molecule has 18 heavy (non-hydrogen) atoms. The monoisotopic (exact) mass is 263 g/mol. The normalized spacial score (nSPS) is 10.2. The number of aromatic nitrogens is 2. The molecule has 0 bridgehead atoms. The van der Waals surface area contributed by atoms with Gasteiger partial charge in [0.15, 0.2) is 4.77 Å². The Morgan fingerprint density at radius 2 is 2.11 bits per heavy atom. The van der Waals surface area contributed by atoms with Crippen LogP contribution in [0, 0.1) is 4.77 Å². The van der Waals surface area contributed by atoms with E-state index in [1.54, 1.807) is 0 Å². The van der Waals surface area contributed by atoms with Gasteiger partial charge in [-0.15, -0.1) is 0 Å². The lowest BCUT2D eigenvalue weighted by molar-refractivity contribution is 0.152. The smallest absolute Gasteiger partial charge is 0.404 e. The third kappa shape index (κ3) is 2.78. The molecule has 0 spiro atoms. The molecule has 94 valence electrons. The standard InChI is InChI=1S/C12H13N3O2S/c13-11(16)17-7-6-15-10(8-14-12(15)18)9-4-2-1-3-5-9/h1-5,8H,6-7H2,(H2,13,16)(H,14,18). The minimum atomic E-state index is -0.779. The van der Waals surface area contributed by atoms with Gasteiger partial charge in [-0.05, 0) is 17.8 Å². The summed E-state index contributed by atoms with van der Waals surface area (Å²) in [5.41, 5.74) is 6.91. The number of nitrogens with one attached hydrogen (secondary N) is 1. The van der Waals surface area contributed by atoms with Gasteiger partial charge < -0.3 is 20.0 Å². The molecule has 0 aliphatic carbocycles. The fourth-order valence-corrected chi connectivity index (χ4v) is 1.95. The third-order valence-electron chi connectivity index (χ3n) is 2.50. The summed E-state index contributed by atoms with van der Waals surface area (Å²) < 4.78 is 7.17. The van der Waals surface area contributed by atoms with E-state index < -0.39 is 6.09 Å². The first-order valence-electron chi connectivity index (χ1n) is 5.44. The topological polar surface area (TPSA) is 73.0 Å². The van der Waals surface area contributed by atoms with Crippen molar-refractivity contribution in [3.8, 4) is 11.3 Å². The Labute approximate surface area is 109 Å². The summed E-state index contributed by atoms with van der Waals surface area (Å²) in [5, 5.41) is 0. The van der Waals surface area contributed by atoms with Crippen LogP contribution in [-0.2, 0) is 11.3 Å². The van der Waals surface area contributed by atoms with Crippen LogP contribution >= 0.6 is 12.2 Å². The Morgan fingerprint density at radius 1 is 1.39 bits per heavy atom. The number of imidazole rings is 1. The molecule has 2 aromatic rings. The number of benzene rings is 1. The minimum Gasteiger partial charge on any atom is -0.448 e. The SMILES string of the molecule is NC(=O)OCCn1c(-c2ccccc2)c[nH]c1=S. The Hall–Kier alpha value is -2.08. The number of hydrogen-bond donors (Lipinski definition) is 2. The maximum Gasteiger partial charge on any atom is 0.404 e. The zero-order valence-corrected chi connectivity index (χ0v) is 10.4. The molecule has 0 saturated carbocycles. The number of hydrogen-bond acceptors (Lipinski definition) is 3. The maximum absolute atomic E-state index is 10.5. The number of nitrogens with zero attached hydrogens (tertiary/aromatic N) is 1. The summed E-state index contributed by atoms with van der Waals surface area (Å²) in [5.74, 6) is 0. The van der Waals surface area contributed by atoms with Gasteiger partial charge in [0.05, 0.1) is 12.2 Å². The first kappa shape index (κ1) is 12.4. The second-order valence-corrected chi connectivity index (χ2v) is 4.05. The molecule has 2 rings (SSSR count). The number of carbonyl (C=O) groups is 1. The van der Waals surface area contributed by atoms with Crippen LogP contribution in [0.15, 0.2) is 36.5 Å². The summed E-state index contributed by atoms with van der Waals surface area (Å²) in [6.45, 7) is 0.664. The van der Waals surface area contributed by atoms with Gasteiger partial charge >= 0.3 is 6.09 Å². The van der Waals surface area contributed by atoms with Gasteiger partial charge in [-0.2, -0.15) is 0 Å². The van der Waals surface area contributed by atoms with E-state index in [0.29, 0.717) is 11.3 Å². The van der Waals surface area contributed by atoms with Crippen LogP contribution in [0.2, 0.25) is 0 Å². The van der Waals surface area contributed by atoms with Gasteiger partial charge in [-0.3, -0.25) is 0 Å². The number of ether oxygens (including phenoxy) is 1. The lowest BCUT2D eigenvalue weighted by Crippen LogP contribution is -2.17. The Balaban J connectivity index is 2.22. The van der Waals surface area contributed by atoms with Crippen molar-refractivity contribution in [2.75, 3.05) is 6.61 Å². The van der Waals surface area contributed by atoms with Crippen molar-refractivity contribution in [3.63, 3.8) is 0 Å². The predicted molar refractivity (Wildman–Crippen MR) is 70.6 cm³/mol. The van der Waals surface area contributed by atoms with E-state index in [-0.39, 0.29) is 6.61 Å². The van der Waals surface area contributed by atoms with Crippen LogP contribution < -0.4 is 5.73 Å². The quantitative estimate of drug-likeness (QED) is 0.831.